The van der Waals surface area contributed by atoms with E-state index in [1.54, 1.807) is 11.6 Å². The van der Waals surface area contributed by atoms with Gasteiger partial charge in [0, 0.05) is 37.7 Å². The van der Waals surface area contributed by atoms with Gasteiger partial charge in [0.2, 0.25) is 0 Å². The standard InChI is InChI=1S/C18H16N2O2/c1-19-15-8-12(11-6-4-3-5-7-11)13-9-16-17(10-14(13)15)22-18(21)20(16)2/h3-7,9-10,12H,8H2,1-2H3. The number of oxazole rings is 1. The van der Waals surface area contributed by atoms with E-state index < -0.39 is 0 Å². The molecule has 0 amide bonds. The molecule has 0 aliphatic heterocycles. The first-order chi connectivity index (χ1) is 10.7. The predicted molar refractivity (Wildman–Crippen MR) is 86.8 cm³/mol. The van der Waals surface area contributed by atoms with Crippen LogP contribution in [0.2, 0.25) is 0 Å². The highest BCUT2D eigenvalue weighted by Crippen LogP contribution is 2.40. The Morgan fingerprint density at radius 3 is 2.73 bits per heavy atom. The Bertz CT molecular complexity index is 948. The van der Waals surface area contributed by atoms with Gasteiger partial charge in [-0.2, -0.15) is 0 Å². The van der Waals surface area contributed by atoms with E-state index in [4.69, 9.17) is 4.42 Å². The lowest BCUT2D eigenvalue weighted by molar-refractivity contribution is 0.528. The molecule has 22 heavy (non-hydrogen) atoms. The van der Waals surface area contributed by atoms with E-state index in [1.807, 2.05) is 19.2 Å². The van der Waals surface area contributed by atoms with Crippen LogP contribution in [-0.2, 0) is 7.05 Å². The maximum absolute atomic E-state index is 11.7. The Kier molecular flexibility index (Phi) is 2.79. The van der Waals surface area contributed by atoms with Crippen molar-refractivity contribution in [1.82, 2.24) is 4.57 Å². The highest BCUT2D eigenvalue weighted by atomic mass is 16.4. The van der Waals surface area contributed by atoms with Crippen molar-refractivity contribution in [2.24, 2.45) is 12.0 Å². The first-order valence-corrected chi connectivity index (χ1v) is 7.33. The van der Waals surface area contributed by atoms with Crippen LogP contribution in [0, 0.1) is 0 Å². The first-order valence-electron chi connectivity index (χ1n) is 7.33. The van der Waals surface area contributed by atoms with E-state index in [0.717, 1.165) is 23.2 Å². The van der Waals surface area contributed by atoms with Gasteiger partial charge in [0.1, 0.15) is 0 Å². The molecule has 1 aliphatic carbocycles. The molecule has 0 radical (unpaired) electrons. The maximum Gasteiger partial charge on any atom is 0.419 e. The molecule has 0 N–H and O–H groups in total. The van der Waals surface area contributed by atoms with Crippen LogP contribution in [0.4, 0.5) is 0 Å². The van der Waals surface area contributed by atoms with Crippen molar-refractivity contribution in [1.29, 1.82) is 0 Å². The molecular formula is C18H16N2O2. The molecule has 0 fully saturated rings. The maximum atomic E-state index is 11.7. The van der Waals surface area contributed by atoms with Crippen LogP contribution in [0.1, 0.15) is 29.0 Å². The smallest absolute Gasteiger partial charge is 0.408 e. The van der Waals surface area contributed by atoms with Crippen LogP contribution >= 0.6 is 0 Å². The van der Waals surface area contributed by atoms with Crippen LogP contribution in [0.5, 0.6) is 0 Å². The summed E-state index contributed by atoms with van der Waals surface area (Å²) in [4.78, 5) is 16.2. The van der Waals surface area contributed by atoms with Crippen LogP contribution in [0.15, 0.2) is 56.7 Å². The van der Waals surface area contributed by atoms with E-state index in [0.29, 0.717) is 5.58 Å². The zero-order valence-electron chi connectivity index (χ0n) is 12.5. The van der Waals surface area contributed by atoms with Crippen molar-refractivity contribution in [2.45, 2.75) is 12.3 Å². The van der Waals surface area contributed by atoms with Crippen molar-refractivity contribution in [2.75, 3.05) is 7.05 Å². The monoisotopic (exact) mass is 292 g/mol. The minimum absolute atomic E-state index is 0.282. The number of hydrogen-bond acceptors (Lipinski definition) is 3. The van der Waals surface area contributed by atoms with E-state index in [-0.39, 0.29) is 11.7 Å². The quantitative estimate of drug-likeness (QED) is 0.692. The van der Waals surface area contributed by atoms with Crippen molar-refractivity contribution in [3.63, 3.8) is 0 Å². The van der Waals surface area contributed by atoms with Gasteiger partial charge in [0.15, 0.2) is 5.58 Å². The van der Waals surface area contributed by atoms with Crippen LogP contribution < -0.4 is 5.76 Å². The summed E-state index contributed by atoms with van der Waals surface area (Å²) in [5.41, 5.74) is 6.12. The summed E-state index contributed by atoms with van der Waals surface area (Å²) in [5, 5.41) is 0. The summed E-state index contributed by atoms with van der Waals surface area (Å²) in [7, 11) is 3.56. The third-order valence-corrected chi connectivity index (χ3v) is 4.52. The number of hydrogen-bond donors (Lipinski definition) is 0. The van der Waals surface area contributed by atoms with Crippen molar-refractivity contribution < 1.29 is 4.42 Å². The summed E-state index contributed by atoms with van der Waals surface area (Å²) < 4.78 is 6.86. The lowest BCUT2D eigenvalue weighted by Gasteiger charge is -2.11. The molecule has 4 heteroatoms. The van der Waals surface area contributed by atoms with Gasteiger partial charge < -0.3 is 4.42 Å². The zero-order valence-corrected chi connectivity index (χ0v) is 12.5. The number of nitrogens with zero attached hydrogens (tertiary/aromatic N) is 2. The number of benzene rings is 2. The molecular weight excluding hydrogens is 276 g/mol. The SMILES string of the molecule is CN=C1CC(c2ccccc2)c2cc3c(cc21)oc(=O)n3C. The van der Waals surface area contributed by atoms with E-state index in [2.05, 4.69) is 35.3 Å². The molecule has 110 valence electrons. The average molecular weight is 292 g/mol. The number of aliphatic imine (C=N–C) groups is 1. The molecule has 1 atom stereocenters. The van der Waals surface area contributed by atoms with Gasteiger partial charge in [0.25, 0.3) is 0 Å². The summed E-state index contributed by atoms with van der Waals surface area (Å²) in [6.07, 6.45) is 0.885. The normalized spacial score (nSPS) is 19.0. The lowest BCUT2D eigenvalue weighted by Crippen LogP contribution is -2.08. The molecule has 4 nitrogen and oxygen atoms in total. The minimum atomic E-state index is -0.329. The Balaban J connectivity index is 1.99. The molecule has 0 saturated heterocycles. The molecule has 0 spiro atoms. The zero-order chi connectivity index (χ0) is 15.3. The fraction of sp³-hybridized carbons (Fsp3) is 0.222. The molecule has 1 unspecified atom stereocenters. The molecule has 0 bridgehead atoms. The average Bonchev–Trinajstić information content (AvgIpc) is 3.04. The highest BCUT2D eigenvalue weighted by Gasteiger charge is 2.30. The van der Waals surface area contributed by atoms with Crippen LogP contribution in [0.25, 0.3) is 11.1 Å². The Morgan fingerprint density at radius 1 is 1.23 bits per heavy atom. The fourth-order valence-electron chi connectivity index (χ4n) is 3.34. The number of rotatable bonds is 1. The fourth-order valence-corrected chi connectivity index (χ4v) is 3.34. The molecule has 2 aromatic carbocycles. The number of aryl methyl sites for hydroxylation is 1. The van der Waals surface area contributed by atoms with Crippen molar-refractivity contribution in [3.8, 4) is 0 Å². The number of aromatic nitrogens is 1. The summed E-state index contributed by atoms with van der Waals surface area (Å²) in [6, 6.07) is 14.5. The summed E-state index contributed by atoms with van der Waals surface area (Å²) in [5.74, 6) is -0.0470. The second-order valence-corrected chi connectivity index (χ2v) is 5.67. The Morgan fingerprint density at radius 2 is 2.00 bits per heavy atom. The molecule has 1 aromatic heterocycles. The third-order valence-electron chi connectivity index (χ3n) is 4.52. The van der Waals surface area contributed by atoms with E-state index in [9.17, 15) is 4.79 Å². The largest absolute Gasteiger partial charge is 0.419 e. The van der Waals surface area contributed by atoms with Gasteiger partial charge in [-0.15, -0.1) is 0 Å². The van der Waals surface area contributed by atoms with E-state index >= 15 is 0 Å². The van der Waals surface area contributed by atoms with Crippen LogP contribution in [-0.4, -0.2) is 17.3 Å². The molecule has 1 heterocycles. The molecule has 0 saturated carbocycles. The Hall–Kier alpha value is -2.62. The van der Waals surface area contributed by atoms with Crippen LogP contribution in [0.3, 0.4) is 0 Å². The topological polar surface area (TPSA) is 47.5 Å². The summed E-state index contributed by atoms with van der Waals surface area (Å²) in [6.45, 7) is 0. The van der Waals surface area contributed by atoms with E-state index in [1.165, 1.54) is 11.1 Å². The van der Waals surface area contributed by atoms with Crippen molar-refractivity contribution >= 4 is 16.8 Å². The third kappa shape index (κ3) is 1.77. The first kappa shape index (κ1) is 13.1. The predicted octanol–water partition coefficient (Wildman–Crippen LogP) is 3.09. The molecule has 4 rings (SSSR count). The highest BCUT2D eigenvalue weighted by molar-refractivity contribution is 6.07. The van der Waals surface area contributed by atoms with Gasteiger partial charge in [-0.25, -0.2) is 4.79 Å². The number of fused-ring (bicyclic) bond motifs is 2. The molecule has 1 aliphatic rings. The Labute approximate surface area is 127 Å². The van der Waals surface area contributed by atoms with Gasteiger partial charge in [-0.05, 0) is 23.3 Å². The second kappa shape index (κ2) is 4.70. The molecule has 3 aromatic rings. The lowest BCUT2D eigenvalue weighted by atomic mass is 9.93. The van der Waals surface area contributed by atoms with Crippen molar-refractivity contribution in [3.05, 3.63) is 69.7 Å². The minimum Gasteiger partial charge on any atom is -0.408 e. The second-order valence-electron chi connectivity index (χ2n) is 5.67. The summed E-state index contributed by atoms with van der Waals surface area (Å²) >= 11 is 0. The van der Waals surface area contributed by atoms with Gasteiger partial charge in [-0.3, -0.25) is 9.56 Å². The van der Waals surface area contributed by atoms with Gasteiger partial charge in [0.05, 0.1) is 5.52 Å². The van der Waals surface area contributed by atoms with Gasteiger partial charge >= 0.3 is 5.76 Å². The van der Waals surface area contributed by atoms with Gasteiger partial charge in [-0.1, -0.05) is 30.3 Å².